The lowest BCUT2D eigenvalue weighted by Crippen LogP contribution is -2.08. The largest absolute Gasteiger partial charge is 0.508 e. The van der Waals surface area contributed by atoms with Crippen LogP contribution in [0.25, 0.3) is 28.0 Å². The van der Waals surface area contributed by atoms with Crippen LogP contribution in [0.5, 0.6) is 5.75 Å². The second-order valence-corrected chi connectivity index (χ2v) is 8.21. The maximum absolute atomic E-state index is 14.2. The van der Waals surface area contributed by atoms with Crippen molar-refractivity contribution in [3.8, 4) is 16.9 Å². The van der Waals surface area contributed by atoms with Gasteiger partial charge in [0.1, 0.15) is 11.6 Å². The van der Waals surface area contributed by atoms with Gasteiger partial charge in [-0.1, -0.05) is 56.2 Å². The number of benzene rings is 3. The molecule has 3 rings (SSSR count). The van der Waals surface area contributed by atoms with Crippen molar-refractivity contribution in [1.29, 1.82) is 0 Å². The molecular weight excluding hydrogens is 387 g/mol. The number of hydrogen-bond acceptors (Lipinski definition) is 2. The lowest BCUT2D eigenvalue weighted by molar-refractivity contribution is 0.0566. The average Bonchev–Trinajstić information content (AvgIpc) is 2.76. The molecule has 0 aliphatic rings. The molecule has 3 aromatic rings. The smallest absolute Gasteiger partial charge is 0.134 e. The summed E-state index contributed by atoms with van der Waals surface area (Å²) in [6, 6.07) is 16.5. The van der Waals surface area contributed by atoms with Crippen molar-refractivity contribution < 1.29 is 14.2 Å². The van der Waals surface area contributed by atoms with Crippen LogP contribution in [0.2, 0.25) is 0 Å². The van der Waals surface area contributed by atoms with Crippen LogP contribution in [0.1, 0.15) is 57.9 Å². The molecule has 1 unspecified atom stereocenters. The van der Waals surface area contributed by atoms with Crippen LogP contribution in [-0.4, -0.2) is 17.8 Å². The predicted molar refractivity (Wildman–Crippen MR) is 129 cm³/mol. The van der Waals surface area contributed by atoms with Gasteiger partial charge in [-0.25, -0.2) is 4.39 Å². The Morgan fingerprint density at radius 3 is 2.58 bits per heavy atom. The van der Waals surface area contributed by atoms with Gasteiger partial charge in [0, 0.05) is 18.2 Å². The molecule has 3 aromatic carbocycles. The molecule has 0 aromatic heterocycles. The Kier molecular flexibility index (Phi) is 8.66. The molecule has 31 heavy (non-hydrogen) atoms. The van der Waals surface area contributed by atoms with E-state index in [-0.39, 0.29) is 5.75 Å². The highest BCUT2D eigenvalue weighted by molar-refractivity contribution is 5.89. The van der Waals surface area contributed by atoms with E-state index in [9.17, 15) is 9.50 Å². The summed E-state index contributed by atoms with van der Waals surface area (Å²) in [5.41, 5.74) is 2.46. The van der Waals surface area contributed by atoms with E-state index in [1.54, 1.807) is 6.07 Å². The summed E-state index contributed by atoms with van der Waals surface area (Å²) in [7, 11) is 0. The maximum Gasteiger partial charge on any atom is 0.134 e. The van der Waals surface area contributed by atoms with Gasteiger partial charge in [0.15, 0.2) is 0 Å². The lowest BCUT2D eigenvalue weighted by Gasteiger charge is -2.12. The molecule has 2 nitrogen and oxygen atoms in total. The van der Waals surface area contributed by atoms with E-state index < -0.39 is 5.82 Å². The molecule has 3 heteroatoms. The first-order valence-electron chi connectivity index (χ1n) is 11.4. The molecule has 0 saturated heterocycles. The SMILES string of the molecule is CCCCCOC(C)CCCC=Cc1ccc2cc(-c3ccc(O)cc3F)ccc2c1. The highest BCUT2D eigenvalue weighted by Gasteiger charge is 2.07. The fraction of sp³-hybridized carbons (Fsp3) is 0.357. The zero-order chi connectivity index (χ0) is 22.1. The van der Waals surface area contributed by atoms with Crippen molar-refractivity contribution in [2.75, 3.05) is 6.61 Å². The topological polar surface area (TPSA) is 29.5 Å². The normalized spacial score (nSPS) is 12.6. The first-order chi connectivity index (χ1) is 15.1. The van der Waals surface area contributed by atoms with Crippen LogP contribution in [0.4, 0.5) is 4.39 Å². The quantitative estimate of drug-likeness (QED) is 0.317. The standard InChI is InChI=1S/C28H33FO2/c1-3-4-8-17-31-21(2)9-6-5-7-10-22-11-12-24-19-25(14-13-23(24)18-22)27-16-15-26(30)20-28(27)29/h7,10-16,18-21,30H,3-6,8-9,17H2,1-2H3. The summed E-state index contributed by atoms with van der Waals surface area (Å²) in [4.78, 5) is 0. The first-order valence-corrected chi connectivity index (χ1v) is 11.4. The summed E-state index contributed by atoms with van der Waals surface area (Å²) in [6.07, 6.45) is 11.6. The fourth-order valence-corrected chi connectivity index (χ4v) is 3.74. The van der Waals surface area contributed by atoms with E-state index in [4.69, 9.17) is 4.74 Å². The minimum atomic E-state index is -0.417. The van der Waals surface area contributed by atoms with Crippen molar-refractivity contribution in [1.82, 2.24) is 0 Å². The van der Waals surface area contributed by atoms with Gasteiger partial charge in [0.25, 0.3) is 0 Å². The van der Waals surface area contributed by atoms with Gasteiger partial charge in [-0.05, 0) is 78.8 Å². The number of aromatic hydroxyl groups is 1. The fourth-order valence-electron chi connectivity index (χ4n) is 3.74. The van der Waals surface area contributed by atoms with Gasteiger partial charge in [-0.15, -0.1) is 0 Å². The summed E-state index contributed by atoms with van der Waals surface area (Å²) < 4.78 is 20.0. The zero-order valence-electron chi connectivity index (χ0n) is 18.6. The number of unbranched alkanes of at least 4 members (excludes halogenated alkanes) is 3. The number of rotatable bonds is 11. The molecule has 0 aliphatic heterocycles. The van der Waals surface area contributed by atoms with Gasteiger partial charge in [-0.2, -0.15) is 0 Å². The van der Waals surface area contributed by atoms with Crippen molar-refractivity contribution >= 4 is 16.8 Å². The van der Waals surface area contributed by atoms with Crippen LogP contribution in [0.3, 0.4) is 0 Å². The molecule has 1 N–H and O–H groups in total. The molecule has 0 fully saturated rings. The summed E-state index contributed by atoms with van der Waals surface area (Å²) in [5.74, 6) is -0.480. The Hall–Kier alpha value is -2.65. The minimum absolute atomic E-state index is 0.0626. The van der Waals surface area contributed by atoms with Gasteiger partial charge in [0.2, 0.25) is 0 Å². The summed E-state index contributed by atoms with van der Waals surface area (Å²) in [6.45, 7) is 5.25. The molecule has 164 valence electrons. The molecule has 0 radical (unpaired) electrons. The number of phenols is 1. The molecule has 1 atom stereocenters. The van der Waals surface area contributed by atoms with Crippen LogP contribution in [0.15, 0.2) is 60.7 Å². The van der Waals surface area contributed by atoms with E-state index >= 15 is 0 Å². The zero-order valence-corrected chi connectivity index (χ0v) is 18.6. The second-order valence-electron chi connectivity index (χ2n) is 8.21. The predicted octanol–water partition coefficient (Wildman–Crippen LogP) is 8.13. The van der Waals surface area contributed by atoms with E-state index in [1.807, 2.05) is 18.2 Å². The summed E-state index contributed by atoms with van der Waals surface area (Å²) >= 11 is 0. The Balaban J connectivity index is 1.54. The molecule has 0 saturated carbocycles. The molecule has 0 bridgehead atoms. The van der Waals surface area contributed by atoms with Crippen molar-refractivity contribution in [3.63, 3.8) is 0 Å². The molecular formula is C28H33FO2. The van der Waals surface area contributed by atoms with E-state index in [0.29, 0.717) is 11.7 Å². The molecule has 0 spiro atoms. The number of phenolic OH excluding ortho intramolecular Hbond substituents is 1. The van der Waals surface area contributed by atoms with Gasteiger partial charge in [0.05, 0.1) is 6.10 Å². The monoisotopic (exact) mass is 420 g/mol. The van der Waals surface area contributed by atoms with Crippen LogP contribution >= 0.6 is 0 Å². The van der Waals surface area contributed by atoms with Gasteiger partial charge >= 0.3 is 0 Å². The average molecular weight is 421 g/mol. The van der Waals surface area contributed by atoms with Crippen molar-refractivity contribution in [2.45, 2.75) is 58.5 Å². The third-order valence-electron chi connectivity index (χ3n) is 5.57. The Labute approximate surface area is 185 Å². The lowest BCUT2D eigenvalue weighted by atomic mass is 9.99. The number of ether oxygens (including phenoxy) is 1. The number of hydrogen-bond donors (Lipinski definition) is 1. The van der Waals surface area contributed by atoms with Crippen molar-refractivity contribution in [2.24, 2.45) is 0 Å². The highest BCUT2D eigenvalue weighted by Crippen LogP contribution is 2.29. The van der Waals surface area contributed by atoms with Crippen LogP contribution in [-0.2, 0) is 4.74 Å². The Bertz CT molecular complexity index is 1010. The Morgan fingerprint density at radius 2 is 1.77 bits per heavy atom. The van der Waals surface area contributed by atoms with Crippen LogP contribution in [0, 0.1) is 5.82 Å². The molecule has 0 heterocycles. The second kappa shape index (κ2) is 11.7. The number of fused-ring (bicyclic) bond motifs is 1. The molecule has 0 amide bonds. The van der Waals surface area contributed by atoms with Gasteiger partial charge < -0.3 is 9.84 Å². The number of allylic oxidation sites excluding steroid dienone is 1. The minimum Gasteiger partial charge on any atom is -0.508 e. The Morgan fingerprint density at radius 1 is 0.968 bits per heavy atom. The maximum atomic E-state index is 14.2. The third kappa shape index (κ3) is 6.93. The number of halogens is 1. The summed E-state index contributed by atoms with van der Waals surface area (Å²) in [5, 5.41) is 11.6. The van der Waals surface area contributed by atoms with Gasteiger partial charge in [-0.3, -0.25) is 0 Å². The molecule has 0 aliphatic carbocycles. The highest BCUT2D eigenvalue weighted by atomic mass is 19.1. The van der Waals surface area contributed by atoms with Crippen molar-refractivity contribution in [3.05, 3.63) is 72.1 Å². The first kappa shape index (κ1) is 23.0. The van der Waals surface area contributed by atoms with Crippen LogP contribution < -0.4 is 0 Å². The van der Waals surface area contributed by atoms with E-state index in [0.717, 1.165) is 54.7 Å². The van der Waals surface area contributed by atoms with E-state index in [2.05, 4.69) is 44.2 Å². The third-order valence-corrected chi connectivity index (χ3v) is 5.57. The van der Waals surface area contributed by atoms with E-state index in [1.165, 1.54) is 24.5 Å².